The third-order valence-electron chi connectivity index (χ3n) is 2.65. The molecule has 98 valence electrons. The number of carbonyl (C=O) groups excluding carboxylic acids is 1. The van der Waals surface area contributed by atoms with Gasteiger partial charge in [-0.25, -0.2) is 0 Å². The second kappa shape index (κ2) is 7.71. The molecule has 0 bridgehead atoms. The summed E-state index contributed by atoms with van der Waals surface area (Å²) >= 11 is 1.65. The average Bonchev–Trinajstić information content (AvgIpc) is 2.49. The maximum Gasteiger partial charge on any atom is 0.137 e. The van der Waals surface area contributed by atoms with E-state index in [4.69, 9.17) is 0 Å². The number of nitrogens with one attached hydrogen (secondary N) is 1. The van der Waals surface area contributed by atoms with Gasteiger partial charge in [0, 0.05) is 29.6 Å². The summed E-state index contributed by atoms with van der Waals surface area (Å²) in [7, 11) is 0. The van der Waals surface area contributed by atoms with Gasteiger partial charge in [0.25, 0.3) is 0 Å². The van der Waals surface area contributed by atoms with Gasteiger partial charge in [-0.3, -0.25) is 4.98 Å². The molecule has 0 spiro atoms. The first-order valence-electron chi connectivity index (χ1n) is 6.14. The minimum atomic E-state index is -0.140. The predicted molar refractivity (Wildman–Crippen MR) is 78.1 cm³/mol. The lowest BCUT2D eigenvalue weighted by Crippen LogP contribution is -2.32. The van der Waals surface area contributed by atoms with Crippen LogP contribution in [0.3, 0.4) is 0 Å². The molecule has 0 saturated carbocycles. The Morgan fingerprint density at radius 2 is 1.89 bits per heavy atom. The maximum atomic E-state index is 11.1. The Morgan fingerprint density at radius 1 is 1.16 bits per heavy atom. The zero-order valence-electron chi connectivity index (χ0n) is 10.5. The van der Waals surface area contributed by atoms with Gasteiger partial charge in [-0.2, -0.15) is 0 Å². The number of hydrogen-bond donors (Lipinski definition) is 1. The smallest absolute Gasteiger partial charge is 0.137 e. The summed E-state index contributed by atoms with van der Waals surface area (Å²) in [5.74, 6) is 0.723. The summed E-state index contributed by atoms with van der Waals surface area (Å²) in [6, 6.07) is 13.8. The first-order chi connectivity index (χ1) is 9.38. The van der Waals surface area contributed by atoms with Crippen molar-refractivity contribution in [3.63, 3.8) is 0 Å². The molecule has 1 N–H and O–H groups in total. The molecule has 0 radical (unpaired) electrons. The lowest BCUT2D eigenvalue weighted by atomic mass is 10.2. The Bertz CT molecular complexity index is 447. The summed E-state index contributed by atoms with van der Waals surface area (Å²) in [5, 5.41) is 3.25. The number of rotatable bonds is 7. The molecule has 1 aromatic carbocycles. The fourth-order valence-electron chi connectivity index (χ4n) is 1.61. The van der Waals surface area contributed by atoms with E-state index < -0.39 is 0 Å². The average molecular weight is 272 g/mol. The third-order valence-corrected chi connectivity index (χ3v) is 3.79. The molecule has 0 saturated heterocycles. The molecule has 0 aliphatic rings. The van der Waals surface area contributed by atoms with Crippen molar-refractivity contribution >= 4 is 18.0 Å². The van der Waals surface area contributed by atoms with Crippen molar-refractivity contribution in [1.82, 2.24) is 10.3 Å². The zero-order valence-corrected chi connectivity index (χ0v) is 11.3. The molecule has 0 fully saturated rings. The molecule has 2 rings (SSSR count). The van der Waals surface area contributed by atoms with Crippen LogP contribution in [0.15, 0.2) is 59.8 Å². The van der Waals surface area contributed by atoms with Gasteiger partial charge in [0.1, 0.15) is 6.29 Å². The molecule has 1 aromatic heterocycles. The van der Waals surface area contributed by atoms with Crippen molar-refractivity contribution in [1.29, 1.82) is 0 Å². The highest BCUT2D eigenvalue weighted by Crippen LogP contribution is 2.16. The number of aldehydes is 1. The van der Waals surface area contributed by atoms with Crippen LogP contribution in [0.5, 0.6) is 0 Å². The Labute approximate surface area is 117 Å². The van der Waals surface area contributed by atoms with Gasteiger partial charge in [0.15, 0.2) is 0 Å². The Hall–Kier alpha value is -1.65. The van der Waals surface area contributed by atoms with E-state index in [-0.39, 0.29) is 6.04 Å². The highest BCUT2D eigenvalue weighted by molar-refractivity contribution is 7.99. The standard InChI is InChI=1S/C15H16N2OS/c18-11-14(12-19-15-6-8-16-9-7-15)17-10-13-4-2-1-3-5-13/h1-9,11,14,17H,10,12H2. The highest BCUT2D eigenvalue weighted by atomic mass is 32.2. The summed E-state index contributed by atoms with van der Waals surface area (Å²) in [6.07, 6.45) is 4.49. The number of benzene rings is 1. The molecule has 1 atom stereocenters. The van der Waals surface area contributed by atoms with Gasteiger partial charge >= 0.3 is 0 Å². The monoisotopic (exact) mass is 272 g/mol. The minimum absolute atomic E-state index is 0.140. The lowest BCUT2D eigenvalue weighted by molar-refractivity contribution is -0.109. The van der Waals surface area contributed by atoms with Crippen molar-refractivity contribution in [3.8, 4) is 0 Å². The van der Waals surface area contributed by atoms with Crippen molar-refractivity contribution in [2.45, 2.75) is 17.5 Å². The number of thioether (sulfide) groups is 1. The summed E-state index contributed by atoms with van der Waals surface area (Å²) in [5.41, 5.74) is 1.18. The van der Waals surface area contributed by atoms with Crippen LogP contribution in [0.25, 0.3) is 0 Å². The van der Waals surface area contributed by atoms with E-state index in [1.165, 1.54) is 5.56 Å². The van der Waals surface area contributed by atoms with Gasteiger partial charge < -0.3 is 10.1 Å². The molecule has 0 aliphatic carbocycles. The number of pyridine rings is 1. The highest BCUT2D eigenvalue weighted by Gasteiger charge is 2.07. The van der Waals surface area contributed by atoms with Crippen molar-refractivity contribution in [3.05, 3.63) is 60.4 Å². The second-order valence-corrected chi connectivity index (χ2v) is 5.20. The lowest BCUT2D eigenvalue weighted by Gasteiger charge is -2.12. The SMILES string of the molecule is O=CC(CSc1ccncc1)NCc1ccccc1. The summed E-state index contributed by atoms with van der Waals surface area (Å²) < 4.78 is 0. The van der Waals surface area contributed by atoms with Crippen LogP contribution in [0.2, 0.25) is 0 Å². The van der Waals surface area contributed by atoms with E-state index in [1.807, 2.05) is 42.5 Å². The molecule has 2 aromatic rings. The van der Waals surface area contributed by atoms with E-state index in [0.29, 0.717) is 6.54 Å². The van der Waals surface area contributed by atoms with E-state index in [2.05, 4.69) is 10.3 Å². The quantitative estimate of drug-likeness (QED) is 0.621. The van der Waals surface area contributed by atoms with Crippen molar-refractivity contribution < 1.29 is 4.79 Å². The van der Waals surface area contributed by atoms with E-state index >= 15 is 0 Å². The van der Waals surface area contributed by atoms with Gasteiger partial charge in [0.05, 0.1) is 6.04 Å². The van der Waals surface area contributed by atoms with Crippen LogP contribution in [0.4, 0.5) is 0 Å². The van der Waals surface area contributed by atoms with Gasteiger partial charge in [0.2, 0.25) is 0 Å². The Balaban J connectivity index is 1.79. The summed E-state index contributed by atoms with van der Waals surface area (Å²) in [4.78, 5) is 16.2. The van der Waals surface area contributed by atoms with Crippen LogP contribution < -0.4 is 5.32 Å². The topological polar surface area (TPSA) is 42.0 Å². The largest absolute Gasteiger partial charge is 0.303 e. The van der Waals surface area contributed by atoms with Gasteiger partial charge in [-0.05, 0) is 17.7 Å². The molecular weight excluding hydrogens is 256 g/mol. The van der Waals surface area contributed by atoms with Crippen LogP contribution in [-0.4, -0.2) is 23.1 Å². The molecule has 1 heterocycles. The van der Waals surface area contributed by atoms with Crippen molar-refractivity contribution in [2.24, 2.45) is 0 Å². The molecule has 19 heavy (non-hydrogen) atoms. The summed E-state index contributed by atoms with van der Waals surface area (Å²) in [6.45, 7) is 0.709. The van der Waals surface area contributed by atoms with Crippen LogP contribution >= 0.6 is 11.8 Å². The molecule has 4 heteroatoms. The molecule has 0 amide bonds. The number of carbonyl (C=O) groups is 1. The Morgan fingerprint density at radius 3 is 2.58 bits per heavy atom. The van der Waals surface area contributed by atoms with Crippen LogP contribution in [0.1, 0.15) is 5.56 Å². The molecule has 0 aliphatic heterocycles. The van der Waals surface area contributed by atoms with E-state index in [9.17, 15) is 4.79 Å². The third kappa shape index (κ3) is 4.85. The number of aromatic nitrogens is 1. The van der Waals surface area contributed by atoms with Gasteiger partial charge in [-0.15, -0.1) is 11.8 Å². The first kappa shape index (κ1) is 13.8. The maximum absolute atomic E-state index is 11.1. The molecular formula is C15H16N2OS. The fraction of sp³-hybridized carbons (Fsp3) is 0.200. The minimum Gasteiger partial charge on any atom is -0.303 e. The zero-order chi connectivity index (χ0) is 13.3. The number of nitrogens with zero attached hydrogens (tertiary/aromatic N) is 1. The van der Waals surface area contributed by atoms with Gasteiger partial charge in [-0.1, -0.05) is 30.3 Å². The molecule has 1 unspecified atom stereocenters. The van der Waals surface area contributed by atoms with E-state index in [0.717, 1.165) is 16.9 Å². The molecule has 3 nitrogen and oxygen atoms in total. The fourth-order valence-corrected chi connectivity index (χ4v) is 2.49. The Kier molecular flexibility index (Phi) is 5.59. The van der Waals surface area contributed by atoms with Crippen LogP contribution in [0, 0.1) is 0 Å². The van der Waals surface area contributed by atoms with Crippen LogP contribution in [-0.2, 0) is 11.3 Å². The number of hydrogen-bond acceptors (Lipinski definition) is 4. The second-order valence-electron chi connectivity index (χ2n) is 4.10. The normalized spacial score (nSPS) is 12.0. The van der Waals surface area contributed by atoms with E-state index in [1.54, 1.807) is 24.2 Å². The predicted octanol–water partition coefficient (Wildman–Crippen LogP) is 2.53. The van der Waals surface area contributed by atoms with Crippen molar-refractivity contribution in [2.75, 3.05) is 5.75 Å². The first-order valence-corrected chi connectivity index (χ1v) is 7.12.